The topological polar surface area (TPSA) is 94.4 Å². The molecule has 2 N–H and O–H groups in total. The number of nitrogens with zero attached hydrogens (tertiary/aromatic N) is 3. The van der Waals surface area contributed by atoms with Crippen molar-refractivity contribution >= 4 is 11.6 Å². The Balaban J connectivity index is 1.89. The van der Waals surface area contributed by atoms with Crippen LogP contribution in [0, 0.1) is 0 Å². The van der Waals surface area contributed by atoms with Crippen molar-refractivity contribution in [1.82, 2.24) is 9.78 Å². The third kappa shape index (κ3) is 3.81. The van der Waals surface area contributed by atoms with E-state index in [0.29, 0.717) is 5.76 Å². The van der Waals surface area contributed by atoms with Gasteiger partial charge in [0.2, 0.25) is 0 Å². The molecule has 0 radical (unpaired) electrons. The summed E-state index contributed by atoms with van der Waals surface area (Å²) in [6.07, 6.45) is 5.25. The summed E-state index contributed by atoms with van der Waals surface area (Å²) in [6, 6.07) is 3.24. The number of nitrogens with two attached hydrogens (primary N) is 1. The van der Waals surface area contributed by atoms with Gasteiger partial charge in [-0.3, -0.25) is 9.59 Å². The van der Waals surface area contributed by atoms with Crippen LogP contribution in [0.1, 0.15) is 61.9 Å². The van der Waals surface area contributed by atoms with Crippen molar-refractivity contribution in [1.29, 1.82) is 0 Å². The molecule has 0 unspecified atom stereocenters. The quantitative estimate of drug-likeness (QED) is 0.905. The molecule has 1 saturated heterocycles. The minimum Gasteiger partial charge on any atom is -0.455 e. The highest BCUT2D eigenvalue weighted by Crippen LogP contribution is 2.29. The van der Waals surface area contributed by atoms with E-state index in [1.165, 1.54) is 11.1 Å². The summed E-state index contributed by atoms with van der Waals surface area (Å²) in [5.41, 5.74) is 6.46. The smallest absolute Gasteiger partial charge is 0.284 e. The highest BCUT2D eigenvalue weighted by molar-refractivity contribution is 5.90. The molecule has 1 amide bonds. The van der Waals surface area contributed by atoms with E-state index in [4.69, 9.17) is 10.2 Å². The molecule has 0 aromatic carbocycles. The summed E-state index contributed by atoms with van der Waals surface area (Å²) in [6.45, 7) is 8.11. The molecule has 0 atom stereocenters. The highest BCUT2D eigenvalue weighted by atomic mass is 16.4. The van der Waals surface area contributed by atoms with Crippen molar-refractivity contribution < 1.29 is 9.21 Å². The summed E-state index contributed by atoms with van der Waals surface area (Å²) >= 11 is 0. The van der Waals surface area contributed by atoms with E-state index in [-0.39, 0.29) is 23.3 Å². The number of furan rings is 1. The van der Waals surface area contributed by atoms with E-state index >= 15 is 0 Å². The van der Waals surface area contributed by atoms with E-state index < -0.39 is 5.91 Å². The van der Waals surface area contributed by atoms with Crippen molar-refractivity contribution in [3.8, 4) is 0 Å². The minimum atomic E-state index is -0.623. The zero-order chi connectivity index (χ0) is 18.9. The Morgan fingerprint density at radius 1 is 1.23 bits per heavy atom. The van der Waals surface area contributed by atoms with Gasteiger partial charge in [-0.25, -0.2) is 4.68 Å². The molecule has 2 aromatic heterocycles. The Labute approximate surface area is 152 Å². The van der Waals surface area contributed by atoms with Crippen molar-refractivity contribution in [3.63, 3.8) is 0 Å². The summed E-state index contributed by atoms with van der Waals surface area (Å²) in [5.74, 6) is 0.116. The van der Waals surface area contributed by atoms with Crippen molar-refractivity contribution in [3.05, 3.63) is 45.8 Å². The molecule has 1 aliphatic heterocycles. The molecule has 3 heterocycles. The Morgan fingerprint density at radius 2 is 1.92 bits per heavy atom. The molecule has 0 spiro atoms. The van der Waals surface area contributed by atoms with Crippen LogP contribution in [0.3, 0.4) is 0 Å². The second kappa shape index (κ2) is 6.97. The van der Waals surface area contributed by atoms with Gasteiger partial charge in [-0.2, -0.15) is 5.10 Å². The molecule has 0 bridgehead atoms. The molecule has 140 valence electrons. The van der Waals surface area contributed by atoms with E-state index in [0.717, 1.165) is 37.2 Å². The first kappa shape index (κ1) is 18.2. The average molecular weight is 358 g/mol. The molecule has 7 heteroatoms. The third-order valence-corrected chi connectivity index (χ3v) is 4.63. The van der Waals surface area contributed by atoms with E-state index in [2.05, 4.69) is 10.00 Å². The summed E-state index contributed by atoms with van der Waals surface area (Å²) in [5, 5.41) is 4.33. The van der Waals surface area contributed by atoms with Crippen molar-refractivity contribution in [2.75, 3.05) is 18.0 Å². The standard InChI is InChI=1S/C19H26N4O3/c1-19(2,3)17-13(9-15(26-17)18(20)25)12-23-16(24)10-14(11-21-23)22-7-5-4-6-8-22/h9-11H,4-8,12H2,1-3H3,(H2,20,25). The predicted octanol–water partition coefficient (Wildman–Crippen LogP) is 2.27. The van der Waals surface area contributed by atoms with Crippen LogP contribution in [-0.2, 0) is 12.0 Å². The Bertz CT molecular complexity index is 854. The fourth-order valence-corrected chi connectivity index (χ4v) is 3.33. The maximum absolute atomic E-state index is 12.5. The van der Waals surface area contributed by atoms with Gasteiger partial charge < -0.3 is 15.1 Å². The number of piperidine rings is 1. The molecule has 1 fully saturated rings. The fraction of sp³-hybridized carbons (Fsp3) is 0.526. The largest absolute Gasteiger partial charge is 0.455 e. The maximum Gasteiger partial charge on any atom is 0.284 e. The first-order valence-electron chi connectivity index (χ1n) is 9.01. The van der Waals surface area contributed by atoms with Gasteiger partial charge in [0.25, 0.3) is 11.5 Å². The van der Waals surface area contributed by atoms with Crippen LogP contribution < -0.4 is 16.2 Å². The molecule has 1 aliphatic rings. The molecule has 2 aromatic rings. The van der Waals surface area contributed by atoms with Gasteiger partial charge in [0.15, 0.2) is 5.76 Å². The molecule has 26 heavy (non-hydrogen) atoms. The lowest BCUT2D eigenvalue weighted by molar-refractivity contribution is 0.0970. The second-order valence-corrected chi connectivity index (χ2v) is 7.84. The number of hydrogen-bond acceptors (Lipinski definition) is 5. The fourth-order valence-electron chi connectivity index (χ4n) is 3.33. The number of anilines is 1. The molecule has 3 rings (SSSR count). The van der Waals surface area contributed by atoms with Gasteiger partial charge in [0.1, 0.15) is 5.76 Å². The average Bonchev–Trinajstić information content (AvgIpc) is 3.02. The molecule has 7 nitrogen and oxygen atoms in total. The molecule has 0 aliphatic carbocycles. The summed E-state index contributed by atoms with van der Waals surface area (Å²) in [7, 11) is 0. The van der Waals surface area contributed by atoms with Gasteiger partial charge in [-0.05, 0) is 25.3 Å². The first-order valence-corrected chi connectivity index (χ1v) is 9.01. The third-order valence-electron chi connectivity index (χ3n) is 4.63. The van der Waals surface area contributed by atoms with Gasteiger partial charge in [-0.1, -0.05) is 20.8 Å². The van der Waals surface area contributed by atoms with Crippen LogP contribution >= 0.6 is 0 Å². The number of primary amides is 1. The van der Waals surface area contributed by atoms with Gasteiger partial charge in [0.05, 0.1) is 18.4 Å². The number of hydrogen-bond donors (Lipinski definition) is 1. The van der Waals surface area contributed by atoms with E-state index in [1.807, 2.05) is 20.8 Å². The zero-order valence-electron chi connectivity index (χ0n) is 15.6. The lowest BCUT2D eigenvalue weighted by atomic mass is 9.90. The van der Waals surface area contributed by atoms with Gasteiger partial charge >= 0.3 is 0 Å². The van der Waals surface area contributed by atoms with Crippen molar-refractivity contribution in [2.24, 2.45) is 5.73 Å². The van der Waals surface area contributed by atoms with Crippen LogP contribution in [0.5, 0.6) is 0 Å². The Hall–Kier alpha value is -2.57. The molecular formula is C19H26N4O3. The number of aromatic nitrogens is 2. The lowest BCUT2D eigenvalue weighted by Gasteiger charge is -2.28. The highest BCUT2D eigenvalue weighted by Gasteiger charge is 2.25. The van der Waals surface area contributed by atoms with Crippen molar-refractivity contribution in [2.45, 2.75) is 52.0 Å². The zero-order valence-corrected chi connectivity index (χ0v) is 15.6. The normalized spacial score (nSPS) is 15.3. The van der Waals surface area contributed by atoms with Crippen LogP contribution in [0.25, 0.3) is 0 Å². The Morgan fingerprint density at radius 3 is 2.50 bits per heavy atom. The Kier molecular flexibility index (Phi) is 4.89. The number of carbonyl (C=O) groups excluding carboxylic acids is 1. The minimum absolute atomic E-state index is 0.0999. The molecular weight excluding hydrogens is 332 g/mol. The monoisotopic (exact) mass is 358 g/mol. The maximum atomic E-state index is 12.5. The predicted molar refractivity (Wildman–Crippen MR) is 99.6 cm³/mol. The van der Waals surface area contributed by atoms with E-state index in [9.17, 15) is 9.59 Å². The number of amides is 1. The van der Waals surface area contributed by atoms with Crippen LogP contribution in [-0.4, -0.2) is 28.8 Å². The number of carbonyl (C=O) groups is 1. The van der Waals surface area contributed by atoms with Crippen LogP contribution in [0.15, 0.2) is 27.5 Å². The second-order valence-electron chi connectivity index (χ2n) is 7.84. The van der Waals surface area contributed by atoms with E-state index in [1.54, 1.807) is 18.3 Å². The SMILES string of the molecule is CC(C)(C)c1oc(C(N)=O)cc1Cn1ncc(N2CCCCC2)cc1=O. The summed E-state index contributed by atoms with van der Waals surface area (Å²) in [4.78, 5) is 26.2. The van der Waals surface area contributed by atoms with Gasteiger partial charge in [0, 0.05) is 30.1 Å². The molecule has 0 saturated carbocycles. The first-order chi connectivity index (χ1) is 12.3. The van der Waals surface area contributed by atoms with Crippen LogP contribution in [0.4, 0.5) is 5.69 Å². The lowest BCUT2D eigenvalue weighted by Crippen LogP contribution is -2.32. The van der Waals surface area contributed by atoms with Crippen LogP contribution in [0.2, 0.25) is 0 Å². The summed E-state index contributed by atoms with van der Waals surface area (Å²) < 4.78 is 7.03. The number of rotatable bonds is 4. The van der Waals surface area contributed by atoms with Gasteiger partial charge in [-0.15, -0.1) is 0 Å².